The minimum atomic E-state index is -0.996. The summed E-state index contributed by atoms with van der Waals surface area (Å²) in [5, 5.41) is 0. The molecule has 5 aliphatic rings. The van der Waals surface area contributed by atoms with Crippen LogP contribution in [0.15, 0.2) is 0 Å². The van der Waals surface area contributed by atoms with E-state index in [-0.39, 0.29) is 15.1 Å². The lowest BCUT2D eigenvalue weighted by atomic mass is 10.6. The maximum Gasteiger partial charge on any atom is 0.144 e. The van der Waals surface area contributed by atoms with E-state index >= 15 is 0 Å². The second kappa shape index (κ2) is 0.968. The summed E-state index contributed by atoms with van der Waals surface area (Å²) in [6, 6.07) is 0. The van der Waals surface area contributed by atoms with Crippen molar-refractivity contribution in [3.05, 3.63) is 0 Å². The molecule has 0 aromatic rings. The van der Waals surface area contributed by atoms with E-state index in [4.69, 9.17) is 33.2 Å². The predicted octanol–water partition coefficient (Wildman–Crippen LogP) is -0.216. The highest BCUT2D eigenvalue weighted by molar-refractivity contribution is 8.93. The largest absolute Gasteiger partial charge is 0.185 e. The van der Waals surface area contributed by atoms with Crippen molar-refractivity contribution in [3.63, 3.8) is 0 Å². The van der Waals surface area contributed by atoms with E-state index < -0.39 is 18.5 Å². The molecule has 9 heavy (non-hydrogen) atoms. The average Bonchev–Trinajstić information content (AvgIpc) is 2.33. The van der Waals surface area contributed by atoms with Crippen LogP contribution in [0.1, 0.15) is 0 Å². The quantitative estimate of drug-likeness (QED) is 0.416. The molecule has 5 saturated heterocycles. The average molecular weight is 258 g/mol. The Morgan fingerprint density at radius 3 is 2.00 bits per heavy atom. The molecular formula is BCl3Si5. The SMILES string of the molecule is Cl[Si]12B3[Si]1[Si]1(Cl)[Si]2[Si]31Cl. The van der Waals surface area contributed by atoms with Crippen LogP contribution in [0.4, 0.5) is 0 Å². The molecule has 3 unspecified atom stereocenters. The van der Waals surface area contributed by atoms with Crippen LogP contribution in [0.5, 0.6) is 0 Å². The molecule has 5 fully saturated rings. The fourth-order valence-electron chi connectivity index (χ4n) is 2.84. The zero-order valence-corrected chi connectivity index (χ0v) is 11.5. The van der Waals surface area contributed by atoms with E-state index in [9.17, 15) is 0 Å². The Kier molecular flexibility index (Phi) is 0.605. The Morgan fingerprint density at radius 1 is 1.22 bits per heavy atom. The van der Waals surface area contributed by atoms with E-state index in [1.807, 2.05) is 0 Å². The second-order valence-corrected chi connectivity index (χ2v) is 61.9. The molecule has 3 atom stereocenters. The van der Waals surface area contributed by atoms with Gasteiger partial charge in [0.15, 0.2) is 0 Å². The Hall–Kier alpha value is 2.02. The summed E-state index contributed by atoms with van der Waals surface area (Å²) in [4.78, 5) is 0. The topological polar surface area (TPSA) is 0 Å². The summed E-state index contributed by atoms with van der Waals surface area (Å²) in [5.41, 5.74) is 1.08. The first-order chi connectivity index (χ1) is 4.10. The lowest BCUT2D eigenvalue weighted by Gasteiger charge is -2.19. The lowest BCUT2D eigenvalue weighted by molar-refractivity contribution is 3.52. The molecular weight excluding hydrogens is 258 g/mol. The molecule has 9 heteroatoms. The van der Waals surface area contributed by atoms with E-state index in [0.29, 0.717) is 0 Å². The van der Waals surface area contributed by atoms with Crippen LogP contribution < -0.4 is 0 Å². The number of hydrogen-bond donors (Lipinski definition) is 0. The van der Waals surface area contributed by atoms with E-state index in [1.165, 1.54) is 0 Å². The number of rotatable bonds is 0. The van der Waals surface area contributed by atoms with Crippen LogP contribution >= 0.6 is 33.2 Å². The monoisotopic (exact) mass is 256 g/mol. The minimum Gasteiger partial charge on any atom is -0.185 e. The van der Waals surface area contributed by atoms with Gasteiger partial charge in [0.1, 0.15) is 17.7 Å². The van der Waals surface area contributed by atoms with Crippen LogP contribution in [0, 0.1) is 0 Å². The molecule has 2 radical (unpaired) electrons. The molecule has 5 aliphatic heterocycles. The zero-order valence-electron chi connectivity index (χ0n) is 4.21. The maximum absolute atomic E-state index is 6.44. The second-order valence-electron chi connectivity index (χ2n) is 3.30. The summed E-state index contributed by atoms with van der Waals surface area (Å²) in [6.07, 6.45) is -1.86. The van der Waals surface area contributed by atoms with Gasteiger partial charge in [-0.1, -0.05) is 0 Å². The Bertz CT molecular complexity index is 245. The van der Waals surface area contributed by atoms with Gasteiger partial charge in [-0.05, 0) is 0 Å². The smallest absolute Gasteiger partial charge is 0.144 e. The van der Waals surface area contributed by atoms with Gasteiger partial charge >= 0.3 is 0 Å². The maximum atomic E-state index is 6.44. The third-order valence-corrected chi connectivity index (χ3v) is 150. The van der Waals surface area contributed by atoms with Crippen LogP contribution in [0.25, 0.3) is 0 Å². The van der Waals surface area contributed by atoms with Crippen molar-refractivity contribution in [3.8, 4) is 0 Å². The van der Waals surface area contributed by atoms with Gasteiger partial charge in [-0.2, -0.15) is 33.2 Å². The number of hydrogen-bond acceptors (Lipinski definition) is 0. The zero-order chi connectivity index (χ0) is 6.23. The van der Waals surface area contributed by atoms with Gasteiger partial charge < -0.3 is 0 Å². The Balaban J connectivity index is 2.04. The van der Waals surface area contributed by atoms with Gasteiger partial charge in [0.05, 0.1) is 13.6 Å². The van der Waals surface area contributed by atoms with Crippen molar-refractivity contribution in [1.29, 1.82) is 0 Å². The molecule has 5 heterocycles. The van der Waals surface area contributed by atoms with Crippen molar-refractivity contribution in [1.82, 2.24) is 0 Å². The van der Waals surface area contributed by atoms with Crippen LogP contribution in [-0.4, -0.2) is 39.1 Å². The summed E-state index contributed by atoms with van der Waals surface area (Å²) in [6.45, 7) is 0. The summed E-state index contributed by atoms with van der Waals surface area (Å²) < 4.78 is 0. The number of halogens is 3. The van der Waals surface area contributed by atoms with Crippen molar-refractivity contribution in [2.45, 2.75) is 0 Å². The van der Waals surface area contributed by atoms with Gasteiger partial charge in [0.25, 0.3) is 0 Å². The molecule has 0 amide bonds. The van der Waals surface area contributed by atoms with Crippen molar-refractivity contribution in [2.24, 2.45) is 0 Å². The van der Waals surface area contributed by atoms with Gasteiger partial charge in [-0.3, -0.25) is 0 Å². The highest BCUT2D eigenvalue weighted by atomic mass is 35.6. The third kappa shape index (κ3) is 0.229. The molecule has 0 N–H and O–H groups in total. The van der Waals surface area contributed by atoms with Crippen molar-refractivity contribution >= 4 is 72.3 Å². The first-order valence-electron chi connectivity index (χ1n) is 2.93. The molecule has 0 spiro atoms. The molecule has 0 aliphatic carbocycles. The lowest BCUT2D eigenvalue weighted by Crippen LogP contribution is -2.55. The first kappa shape index (κ1) is 5.63. The van der Waals surface area contributed by atoms with Crippen molar-refractivity contribution < 1.29 is 0 Å². The predicted molar refractivity (Wildman–Crippen MR) is 52.1 cm³/mol. The molecule has 0 aromatic heterocycles. The molecule has 0 saturated carbocycles. The van der Waals surface area contributed by atoms with Gasteiger partial charge in [-0.25, -0.2) is 0 Å². The standard InChI is InChI=1S/BCl3Si5/c2-7-1-5(7)9(4)6(7)8(1,9)3. The molecule has 0 aromatic carbocycles. The molecule has 44 valence electrons. The van der Waals surface area contributed by atoms with Gasteiger partial charge in [-0.15, -0.1) is 0 Å². The van der Waals surface area contributed by atoms with E-state index in [0.717, 1.165) is 5.49 Å². The Morgan fingerprint density at radius 2 is 1.89 bits per heavy atom. The van der Waals surface area contributed by atoms with Crippen molar-refractivity contribution in [2.75, 3.05) is 0 Å². The third-order valence-electron chi connectivity index (χ3n) is 3.28. The molecule has 5 rings (SSSR count). The van der Waals surface area contributed by atoms with Crippen LogP contribution in [0.3, 0.4) is 0 Å². The minimum absolute atomic E-state index is 0.00746. The molecule has 0 nitrogen and oxygen atoms in total. The fraction of sp³-hybridized carbons (Fsp3) is 0. The highest BCUT2D eigenvalue weighted by Gasteiger charge is 3.25. The first-order valence-corrected chi connectivity index (χ1v) is 21.2. The van der Waals surface area contributed by atoms with Gasteiger partial charge in [0.2, 0.25) is 0 Å². The van der Waals surface area contributed by atoms with Crippen LogP contribution in [-0.2, 0) is 0 Å². The van der Waals surface area contributed by atoms with Crippen LogP contribution in [0.2, 0.25) is 0 Å². The summed E-state index contributed by atoms with van der Waals surface area (Å²) in [7, 11) is 0.0512. The highest BCUT2D eigenvalue weighted by Crippen LogP contribution is 2.87. The van der Waals surface area contributed by atoms with E-state index in [1.54, 1.807) is 0 Å². The summed E-state index contributed by atoms with van der Waals surface area (Å²) >= 11 is 19.3. The fourth-order valence-corrected chi connectivity index (χ4v) is 331. The van der Waals surface area contributed by atoms with Gasteiger partial charge in [0, 0.05) is 7.70 Å². The van der Waals surface area contributed by atoms with E-state index in [2.05, 4.69) is 0 Å². The molecule has 0 bridgehead atoms. The Labute approximate surface area is 71.8 Å². The summed E-state index contributed by atoms with van der Waals surface area (Å²) in [5.74, 6) is -0.940. The normalized spacial score (nSPS) is 81.0.